The Bertz CT molecular complexity index is 964. The molecular weight excluding hydrogens is 388 g/mol. The second kappa shape index (κ2) is 9.06. The molecule has 9 nitrogen and oxygen atoms in total. The summed E-state index contributed by atoms with van der Waals surface area (Å²) in [5.74, 6) is 0.289. The van der Waals surface area contributed by atoms with Gasteiger partial charge in [0.25, 0.3) is 11.6 Å². The van der Waals surface area contributed by atoms with E-state index in [0.29, 0.717) is 37.3 Å². The predicted octanol–water partition coefficient (Wildman–Crippen LogP) is 1.19. The molecule has 0 spiro atoms. The van der Waals surface area contributed by atoms with E-state index in [1.165, 1.54) is 7.11 Å². The summed E-state index contributed by atoms with van der Waals surface area (Å²) in [5.41, 5.74) is 0.391. The zero-order chi connectivity index (χ0) is 21.8. The highest BCUT2D eigenvalue weighted by Crippen LogP contribution is 2.23. The van der Waals surface area contributed by atoms with E-state index in [4.69, 9.17) is 9.47 Å². The van der Waals surface area contributed by atoms with Crippen molar-refractivity contribution in [1.29, 1.82) is 0 Å². The minimum atomic E-state index is -0.558. The lowest BCUT2D eigenvalue weighted by atomic mass is 10.1. The number of H-pyrrole nitrogens is 1. The number of hydrogen-bond acceptors (Lipinski definition) is 6. The molecule has 30 heavy (non-hydrogen) atoms. The van der Waals surface area contributed by atoms with Gasteiger partial charge in [-0.2, -0.15) is 0 Å². The molecule has 0 saturated carbocycles. The molecule has 1 amide bonds. The number of carbonyl (C=O) groups excluding carboxylic acids is 1. The minimum Gasteiger partial charge on any atom is -0.616 e. The van der Waals surface area contributed by atoms with Crippen LogP contribution in [0, 0.1) is 11.1 Å². The standard InChI is InChI=1S/C21H28N4O5/c1-14(2)12-17-19(26)22-18(21(30-4)25(17)28)20(27)24-10-8-23(9-11-24)15-6-5-7-16(13-15)29-3/h5-7,13-14H,8-12H2,1-4H3,(H,22,26). The second-order valence-electron chi connectivity index (χ2n) is 7.66. The molecule has 3 rings (SSSR count). The lowest BCUT2D eigenvalue weighted by molar-refractivity contribution is -0.622. The van der Waals surface area contributed by atoms with Gasteiger partial charge < -0.3 is 29.5 Å². The van der Waals surface area contributed by atoms with E-state index in [0.717, 1.165) is 11.4 Å². The van der Waals surface area contributed by atoms with Gasteiger partial charge in [-0.3, -0.25) is 9.59 Å². The number of amides is 1. The van der Waals surface area contributed by atoms with Gasteiger partial charge in [-0.15, -0.1) is 4.73 Å². The van der Waals surface area contributed by atoms with Crippen molar-refractivity contribution in [3.63, 3.8) is 0 Å². The Morgan fingerprint density at radius 1 is 1.20 bits per heavy atom. The van der Waals surface area contributed by atoms with Crippen LogP contribution in [-0.2, 0) is 6.42 Å². The number of ether oxygens (including phenoxy) is 2. The van der Waals surface area contributed by atoms with E-state index in [1.807, 2.05) is 38.1 Å². The van der Waals surface area contributed by atoms with Gasteiger partial charge in [0.1, 0.15) is 5.75 Å². The summed E-state index contributed by atoms with van der Waals surface area (Å²) >= 11 is 0. The molecule has 1 N–H and O–H groups in total. The van der Waals surface area contributed by atoms with Crippen molar-refractivity contribution in [2.24, 2.45) is 5.92 Å². The highest BCUT2D eigenvalue weighted by atomic mass is 16.5. The quantitative estimate of drug-likeness (QED) is 0.561. The van der Waals surface area contributed by atoms with Crippen molar-refractivity contribution in [3.05, 3.63) is 51.2 Å². The molecule has 0 radical (unpaired) electrons. The minimum absolute atomic E-state index is 0.0428. The maximum Gasteiger partial charge on any atom is 0.409 e. The first kappa shape index (κ1) is 21.5. The average Bonchev–Trinajstić information content (AvgIpc) is 2.75. The van der Waals surface area contributed by atoms with Gasteiger partial charge in [-0.05, 0) is 18.1 Å². The topological polar surface area (TPSA) is 102 Å². The summed E-state index contributed by atoms with van der Waals surface area (Å²) in [5, 5.41) is 12.6. The Hall–Kier alpha value is -3.23. The lowest BCUT2D eigenvalue weighted by Crippen LogP contribution is -2.50. The average molecular weight is 416 g/mol. The van der Waals surface area contributed by atoms with Crippen molar-refractivity contribution in [1.82, 2.24) is 9.88 Å². The maximum atomic E-state index is 13.0. The monoisotopic (exact) mass is 416 g/mol. The third kappa shape index (κ3) is 4.34. The van der Waals surface area contributed by atoms with Gasteiger partial charge in [0.15, 0.2) is 0 Å². The normalized spacial score (nSPS) is 14.2. The van der Waals surface area contributed by atoms with Crippen LogP contribution in [-0.4, -0.2) is 56.2 Å². The van der Waals surface area contributed by atoms with Crippen molar-refractivity contribution < 1.29 is 19.0 Å². The molecule has 1 aliphatic heterocycles. The molecular formula is C21H28N4O5. The van der Waals surface area contributed by atoms with E-state index in [2.05, 4.69) is 9.88 Å². The smallest absolute Gasteiger partial charge is 0.409 e. The maximum absolute atomic E-state index is 13.0. The number of nitrogens with zero attached hydrogens (tertiary/aromatic N) is 3. The first-order valence-electron chi connectivity index (χ1n) is 9.96. The number of nitrogens with one attached hydrogen (secondary N) is 1. The number of aromatic nitrogens is 2. The zero-order valence-corrected chi connectivity index (χ0v) is 17.8. The van der Waals surface area contributed by atoms with Crippen LogP contribution in [0.3, 0.4) is 0 Å². The molecule has 0 bridgehead atoms. The Morgan fingerprint density at radius 2 is 1.90 bits per heavy atom. The Balaban J connectivity index is 1.78. The van der Waals surface area contributed by atoms with Gasteiger partial charge in [-0.25, -0.2) is 0 Å². The Kier molecular flexibility index (Phi) is 6.49. The summed E-state index contributed by atoms with van der Waals surface area (Å²) in [7, 11) is 2.94. The molecule has 1 aromatic carbocycles. The van der Waals surface area contributed by atoms with Crippen LogP contribution in [0.25, 0.3) is 0 Å². The molecule has 1 aromatic heterocycles. The van der Waals surface area contributed by atoms with Crippen LogP contribution in [0.4, 0.5) is 5.69 Å². The van der Waals surface area contributed by atoms with Gasteiger partial charge >= 0.3 is 11.4 Å². The first-order chi connectivity index (χ1) is 14.3. The molecule has 2 aromatic rings. The van der Waals surface area contributed by atoms with Crippen LogP contribution in [0.15, 0.2) is 29.1 Å². The fraction of sp³-hybridized carbons (Fsp3) is 0.476. The van der Waals surface area contributed by atoms with E-state index in [9.17, 15) is 14.8 Å². The van der Waals surface area contributed by atoms with Crippen molar-refractivity contribution in [2.45, 2.75) is 20.3 Å². The zero-order valence-electron chi connectivity index (χ0n) is 17.8. The molecule has 0 atom stereocenters. The summed E-state index contributed by atoms with van der Waals surface area (Å²) in [6, 6.07) is 7.75. The molecule has 2 heterocycles. The van der Waals surface area contributed by atoms with Crippen molar-refractivity contribution in [3.8, 4) is 11.6 Å². The molecule has 0 unspecified atom stereocenters. The van der Waals surface area contributed by atoms with Crippen LogP contribution in [0.2, 0.25) is 0 Å². The van der Waals surface area contributed by atoms with Gasteiger partial charge in [0.05, 0.1) is 14.2 Å². The van der Waals surface area contributed by atoms with E-state index >= 15 is 0 Å². The summed E-state index contributed by atoms with van der Waals surface area (Å²) in [6.07, 6.45) is 0.295. The summed E-state index contributed by atoms with van der Waals surface area (Å²) < 4.78 is 10.9. The lowest BCUT2D eigenvalue weighted by Gasteiger charge is -2.36. The molecule has 1 saturated heterocycles. The van der Waals surface area contributed by atoms with Crippen molar-refractivity contribution >= 4 is 11.6 Å². The van der Waals surface area contributed by atoms with Gasteiger partial charge in [0.2, 0.25) is 5.69 Å². The number of piperazine rings is 1. The number of anilines is 1. The van der Waals surface area contributed by atoms with E-state index < -0.39 is 11.5 Å². The highest BCUT2D eigenvalue weighted by molar-refractivity contribution is 5.94. The van der Waals surface area contributed by atoms with E-state index in [1.54, 1.807) is 12.0 Å². The van der Waals surface area contributed by atoms with Crippen LogP contribution in [0.5, 0.6) is 11.6 Å². The fourth-order valence-electron chi connectivity index (χ4n) is 3.58. The fourth-order valence-corrected chi connectivity index (χ4v) is 3.58. The number of rotatable bonds is 6. The third-order valence-electron chi connectivity index (χ3n) is 5.14. The van der Waals surface area contributed by atoms with Crippen LogP contribution < -0.4 is 24.7 Å². The van der Waals surface area contributed by atoms with E-state index in [-0.39, 0.29) is 23.2 Å². The van der Waals surface area contributed by atoms with Crippen LogP contribution >= 0.6 is 0 Å². The SMILES string of the molecule is COc1cccc(N2CCN(C(=O)c3[nH]c(=O)c(CC(C)C)[n+]([O-])c3OC)CC2)c1. The number of aromatic amines is 1. The van der Waals surface area contributed by atoms with Gasteiger partial charge in [-0.1, -0.05) is 19.9 Å². The number of carbonyl (C=O) groups is 1. The Labute approximate surface area is 175 Å². The molecule has 0 aliphatic carbocycles. The number of hydrogen-bond donors (Lipinski definition) is 1. The molecule has 1 fully saturated rings. The predicted molar refractivity (Wildman–Crippen MR) is 112 cm³/mol. The largest absolute Gasteiger partial charge is 0.616 e. The molecule has 162 valence electrons. The summed E-state index contributed by atoms with van der Waals surface area (Å²) in [4.78, 5) is 31.8. The molecule has 1 aliphatic rings. The second-order valence-corrected chi connectivity index (χ2v) is 7.66. The first-order valence-corrected chi connectivity index (χ1v) is 9.96. The van der Waals surface area contributed by atoms with Crippen molar-refractivity contribution in [2.75, 3.05) is 45.3 Å². The van der Waals surface area contributed by atoms with Gasteiger partial charge in [0, 0.05) is 44.4 Å². The number of methoxy groups -OCH3 is 2. The van der Waals surface area contributed by atoms with Crippen LogP contribution in [0.1, 0.15) is 30.0 Å². The molecule has 9 heteroatoms. The highest BCUT2D eigenvalue weighted by Gasteiger charge is 2.32. The summed E-state index contributed by atoms with van der Waals surface area (Å²) in [6.45, 7) is 5.96. The number of benzene rings is 1. The Morgan fingerprint density at radius 3 is 2.50 bits per heavy atom. The third-order valence-corrected chi connectivity index (χ3v) is 5.14.